The van der Waals surface area contributed by atoms with Gasteiger partial charge >= 0.3 is 5.97 Å². The van der Waals surface area contributed by atoms with Crippen LogP contribution in [0.25, 0.3) is 0 Å². The molecule has 0 bridgehead atoms. The number of benzene rings is 1. The predicted molar refractivity (Wildman–Crippen MR) is 97.0 cm³/mol. The molecule has 1 amide bonds. The fraction of sp³-hybridized carbons (Fsp3) is 0.421. The first-order chi connectivity index (χ1) is 11.8. The van der Waals surface area contributed by atoms with Gasteiger partial charge in [-0.25, -0.2) is 4.98 Å². The van der Waals surface area contributed by atoms with Gasteiger partial charge in [0.05, 0.1) is 10.9 Å². The molecule has 2 aromatic rings. The number of carboxylic acid groups (broad SMARTS) is 1. The average Bonchev–Trinajstić information content (AvgIpc) is 3.22. The van der Waals surface area contributed by atoms with E-state index in [4.69, 9.17) is 0 Å². The van der Waals surface area contributed by atoms with Gasteiger partial charge in [-0.3, -0.25) is 9.59 Å². The van der Waals surface area contributed by atoms with Gasteiger partial charge in [0.2, 0.25) is 0 Å². The van der Waals surface area contributed by atoms with E-state index in [9.17, 15) is 14.7 Å². The number of carbonyl (C=O) groups excluding carboxylic acids is 1. The van der Waals surface area contributed by atoms with Crippen molar-refractivity contribution in [2.75, 3.05) is 13.1 Å². The smallest absolute Gasteiger partial charge is 0.308 e. The van der Waals surface area contributed by atoms with Gasteiger partial charge in [-0.15, -0.1) is 11.3 Å². The summed E-state index contributed by atoms with van der Waals surface area (Å²) in [6.07, 6.45) is 0. The van der Waals surface area contributed by atoms with E-state index in [0.717, 1.165) is 10.6 Å². The molecule has 1 fully saturated rings. The molecular formula is C19H22N2O3S. The van der Waals surface area contributed by atoms with Crippen LogP contribution in [0.2, 0.25) is 0 Å². The maximum atomic E-state index is 12.8. The Labute approximate surface area is 151 Å². The standard InChI is InChI=1S/C19H22N2O3S/c1-19(2,3)18-20-15(11-25-18)16(22)21-9-13(14(10-21)17(23)24)12-7-5-4-6-8-12/h4-8,11,13-14H,9-10H2,1-3H3,(H,23,24). The molecule has 2 unspecified atom stereocenters. The summed E-state index contributed by atoms with van der Waals surface area (Å²) in [7, 11) is 0. The highest BCUT2D eigenvalue weighted by molar-refractivity contribution is 7.10. The molecule has 2 heterocycles. The first-order valence-corrected chi connectivity index (χ1v) is 9.18. The zero-order valence-electron chi connectivity index (χ0n) is 14.6. The Morgan fingerprint density at radius 3 is 2.44 bits per heavy atom. The number of likely N-dealkylation sites (tertiary alicyclic amines) is 1. The van der Waals surface area contributed by atoms with Crippen molar-refractivity contribution in [1.29, 1.82) is 0 Å². The molecule has 5 nitrogen and oxygen atoms in total. The van der Waals surface area contributed by atoms with Gasteiger partial charge in [0.15, 0.2) is 0 Å². The Morgan fingerprint density at radius 2 is 1.88 bits per heavy atom. The first-order valence-electron chi connectivity index (χ1n) is 8.30. The van der Waals surface area contributed by atoms with E-state index in [1.807, 2.05) is 30.3 Å². The summed E-state index contributed by atoms with van der Waals surface area (Å²) in [4.78, 5) is 30.6. The summed E-state index contributed by atoms with van der Waals surface area (Å²) >= 11 is 1.47. The monoisotopic (exact) mass is 358 g/mol. The number of rotatable bonds is 3. The molecule has 25 heavy (non-hydrogen) atoms. The Kier molecular flexibility index (Phi) is 4.64. The second kappa shape index (κ2) is 6.59. The number of carbonyl (C=O) groups is 2. The van der Waals surface area contributed by atoms with Crippen molar-refractivity contribution < 1.29 is 14.7 Å². The molecule has 1 aliphatic rings. The fourth-order valence-corrected chi connectivity index (χ4v) is 4.02. The Hall–Kier alpha value is -2.21. The summed E-state index contributed by atoms with van der Waals surface area (Å²) in [5.41, 5.74) is 1.26. The van der Waals surface area contributed by atoms with Gasteiger partial charge < -0.3 is 10.0 Å². The maximum Gasteiger partial charge on any atom is 0.308 e. The van der Waals surface area contributed by atoms with Crippen LogP contribution in [0.4, 0.5) is 0 Å². The van der Waals surface area contributed by atoms with Gasteiger partial charge in [-0.1, -0.05) is 51.1 Å². The summed E-state index contributed by atoms with van der Waals surface area (Å²) in [6, 6.07) is 9.55. The van der Waals surface area contributed by atoms with Crippen molar-refractivity contribution in [3.8, 4) is 0 Å². The molecule has 0 radical (unpaired) electrons. The number of hydrogen-bond donors (Lipinski definition) is 1. The molecule has 3 rings (SSSR count). The predicted octanol–water partition coefficient (Wildman–Crippen LogP) is 3.38. The third kappa shape index (κ3) is 3.58. The molecule has 2 atom stereocenters. The average molecular weight is 358 g/mol. The van der Waals surface area contributed by atoms with Crippen LogP contribution in [0.5, 0.6) is 0 Å². The molecule has 1 aromatic heterocycles. The number of aliphatic carboxylic acids is 1. The summed E-state index contributed by atoms with van der Waals surface area (Å²) in [5.74, 6) is -1.83. The van der Waals surface area contributed by atoms with Crippen LogP contribution < -0.4 is 0 Å². The maximum absolute atomic E-state index is 12.8. The lowest BCUT2D eigenvalue weighted by Gasteiger charge is -2.16. The van der Waals surface area contributed by atoms with Gasteiger partial charge in [0.25, 0.3) is 5.91 Å². The highest BCUT2D eigenvalue weighted by atomic mass is 32.1. The highest BCUT2D eigenvalue weighted by Gasteiger charge is 2.41. The second-order valence-electron chi connectivity index (χ2n) is 7.46. The van der Waals surface area contributed by atoms with Crippen LogP contribution >= 0.6 is 11.3 Å². The number of nitrogens with zero attached hydrogens (tertiary/aromatic N) is 2. The molecule has 0 saturated carbocycles. The third-order valence-electron chi connectivity index (χ3n) is 4.52. The normalized spacial score (nSPS) is 20.7. The molecule has 6 heteroatoms. The van der Waals surface area contributed by atoms with Crippen LogP contribution in [0.1, 0.15) is 47.7 Å². The Balaban J connectivity index is 1.82. The lowest BCUT2D eigenvalue weighted by atomic mass is 9.89. The Morgan fingerprint density at radius 1 is 1.20 bits per heavy atom. The summed E-state index contributed by atoms with van der Waals surface area (Å²) in [6.45, 7) is 6.80. The molecule has 1 aromatic carbocycles. The number of aromatic nitrogens is 1. The van der Waals surface area contributed by atoms with Crippen LogP contribution in [0.3, 0.4) is 0 Å². The highest BCUT2D eigenvalue weighted by Crippen LogP contribution is 2.34. The number of amides is 1. The number of carboxylic acids is 1. The van der Waals surface area contributed by atoms with Gasteiger partial charge in [-0.2, -0.15) is 0 Å². The molecule has 0 aliphatic carbocycles. The molecule has 1 saturated heterocycles. The van der Waals surface area contributed by atoms with Crippen LogP contribution in [0.15, 0.2) is 35.7 Å². The Bertz CT molecular complexity index is 779. The third-order valence-corrected chi connectivity index (χ3v) is 5.78. The minimum Gasteiger partial charge on any atom is -0.481 e. The van der Waals surface area contributed by atoms with Crippen molar-refractivity contribution in [1.82, 2.24) is 9.88 Å². The molecule has 0 spiro atoms. The van der Waals surface area contributed by atoms with Crippen LogP contribution in [0, 0.1) is 5.92 Å². The molecule has 132 valence electrons. The summed E-state index contributed by atoms with van der Waals surface area (Å²) in [5, 5.41) is 12.3. The lowest BCUT2D eigenvalue weighted by Crippen LogP contribution is -2.30. The van der Waals surface area contributed by atoms with Crippen molar-refractivity contribution in [3.05, 3.63) is 52.0 Å². The quantitative estimate of drug-likeness (QED) is 0.913. The second-order valence-corrected chi connectivity index (χ2v) is 8.32. The minimum absolute atomic E-state index is 0.107. The SMILES string of the molecule is CC(C)(C)c1nc(C(=O)N2CC(C(=O)O)C(c3ccccc3)C2)cs1. The van der Waals surface area contributed by atoms with E-state index in [1.54, 1.807) is 10.3 Å². The van der Waals surface area contributed by atoms with Gasteiger partial charge in [-0.05, 0) is 5.56 Å². The summed E-state index contributed by atoms with van der Waals surface area (Å²) < 4.78 is 0. The van der Waals surface area contributed by atoms with Crippen LogP contribution in [-0.2, 0) is 10.2 Å². The number of hydrogen-bond acceptors (Lipinski definition) is 4. The van der Waals surface area contributed by atoms with E-state index in [2.05, 4.69) is 25.8 Å². The number of thiazole rings is 1. The largest absolute Gasteiger partial charge is 0.481 e. The van der Waals surface area contributed by atoms with Crippen LogP contribution in [-0.4, -0.2) is 40.0 Å². The van der Waals surface area contributed by atoms with Crippen molar-refractivity contribution in [2.24, 2.45) is 5.92 Å². The molecular weight excluding hydrogens is 336 g/mol. The van der Waals surface area contributed by atoms with E-state index in [0.29, 0.717) is 12.2 Å². The first kappa shape index (κ1) is 17.6. The van der Waals surface area contributed by atoms with E-state index >= 15 is 0 Å². The van der Waals surface area contributed by atoms with Crippen molar-refractivity contribution >= 4 is 23.2 Å². The van der Waals surface area contributed by atoms with Gasteiger partial charge in [0, 0.05) is 29.8 Å². The zero-order valence-corrected chi connectivity index (χ0v) is 15.4. The lowest BCUT2D eigenvalue weighted by molar-refractivity contribution is -0.141. The zero-order chi connectivity index (χ0) is 18.2. The minimum atomic E-state index is -0.863. The van der Waals surface area contributed by atoms with E-state index in [1.165, 1.54) is 11.3 Å². The van der Waals surface area contributed by atoms with Gasteiger partial charge in [0.1, 0.15) is 5.69 Å². The van der Waals surface area contributed by atoms with Crippen molar-refractivity contribution in [2.45, 2.75) is 32.1 Å². The van der Waals surface area contributed by atoms with E-state index < -0.39 is 11.9 Å². The molecule has 1 N–H and O–H groups in total. The fourth-order valence-electron chi connectivity index (χ4n) is 3.14. The molecule has 1 aliphatic heterocycles. The van der Waals surface area contributed by atoms with E-state index in [-0.39, 0.29) is 23.8 Å². The topological polar surface area (TPSA) is 70.5 Å². The van der Waals surface area contributed by atoms with Crippen molar-refractivity contribution in [3.63, 3.8) is 0 Å².